The summed E-state index contributed by atoms with van der Waals surface area (Å²) in [5.41, 5.74) is 2.54. The summed E-state index contributed by atoms with van der Waals surface area (Å²) < 4.78 is 12.9. The molecule has 2 heterocycles. The molecule has 1 aromatic carbocycles. The number of morpholine rings is 1. The largest absolute Gasteiger partial charge is 0.497 e. The SMILES string of the molecule is COc1ccc2c(c1)c(C(=O)N1CCOC[C@@H]1CC(=O)N(C)C)c(C)n2C. The topological polar surface area (TPSA) is 64.0 Å². The molecular weight excluding hydrogens is 346 g/mol. The highest BCUT2D eigenvalue weighted by atomic mass is 16.5. The summed E-state index contributed by atoms with van der Waals surface area (Å²) in [5, 5.41) is 0.864. The van der Waals surface area contributed by atoms with E-state index >= 15 is 0 Å². The van der Waals surface area contributed by atoms with Gasteiger partial charge in [-0.05, 0) is 25.1 Å². The molecule has 1 saturated heterocycles. The fourth-order valence-electron chi connectivity index (χ4n) is 3.57. The van der Waals surface area contributed by atoms with E-state index < -0.39 is 0 Å². The van der Waals surface area contributed by atoms with E-state index in [2.05, 4.69) is 0 Å². The second-order valence-electron chi connectivity index (χ2n) is 7.12. The minimum Gasteiger partial charge on any atom is -0.497 e. The zero-order valence-electron chi connectivity index (χ0n) is 16.6. The van der Waals surface area contributed by atoms with Gasteiger partial charge in [-0.15, -0.1) is 0 Å². The predicted octanol–water partition coefficient (Wildman–Crippen LogP) is 1.81. The molecule has 0 unspecified atom stereocenters. The van der Waals surface area contributed by atoms with Gasteiger partial charge in [0.05, 0.1) is 31.9 Å². The zero-order valence-corrected chi connectivity index (χ0v) is 16.6. The Bertz CT molecular complexity index is 872. The molecule has 1 fully saturated rings. The Morgan fingerprint density at radius 2 is 2.07 bits per heavy atom. The smallest absolute Gasteiger partial charge is 0.256 e. The molecule has 0 spiro atoms. The molecule has 1 aliphatic rings. The maximum atomic E-state index is 13.5. The second-order valence-corrected chi connectivity index (χ2v) is 7.12. The summed E-state index contributed by atoms with van der Waals surface area (Å²) in [6.45, 7) is 3.27. The maximum absolute atomic E-state index is 13.5. The summed E-state index contributed by atoms with van der Waals surface area (Å²) in [7, 11) is 7.01. The summed E-state index contributed by atoms with van der Waals surface area (Å²) in [4.78, 5) is 29.0. The molecule has 27 heavy (non-hydrogen) atoms. The van der Waals surface area contributed by atoms with Crippen molar-refractivity contribution >= 4 is 22.7 Å². The van der Waals surface area contributed by atoms with Crippen molar-refractivity contribution in [3.63, 3.8) is 0 Å². The molecule has 0 aliphatic carbocycles. The number of fused-ring (bicyclic) bond motifs is 1. The van der Waals surface area contributed by atoms with Crippen LogP contribution in [0, 0.1) is 6.92 Å². The van der Waals surface area contributed by atoms with Crippen molar-refractivity contribution in [2.45, 2.75) is 19.4 Å². The number of benzene rings is 1. The van der Waals surface area contributed by atoms with Gasteiger partial charge in [-0.2, -0.15) is 0 Å². The van der Waals surface area contributed by atoms with Crippen LogP contribution in [0.5, 0.6) is 5.75 Å². The number of rotatable bonds is 4. The van der Waals surface area contributed by atoms with Crippen molar-refractivity contribution in [2.75, 3.05) is 41.0 Å². The quantitative estimate of drug-likeness (QED) is 0.820. The van der Waals surface area contributed by atoms with E-state index in [0.29, 0.717) is 31.1 Å². The molecule has 0 radical (unpaired) electrons. The number of carbonyl (C=O) groups excluding carboxylic acids is 2. The van der Waals surface area contributed by atoms with Crippen LogP contribution in [-0.2, 0) is 16.6 Å². The normalized spacial score (nSPS) is 17.2. The van der Waals surface area contributed by atoms with Crippen LogP contribution in [0.3, 0.4) is 0 Å². The number of ether oxygens (including phenoxy) is 2. The molecule has 7 heteroatoms. The van der Waals surface area contributed by atoms with Crippen molar-refractivity contribution in [3.05, 3.63) is 29.5 Å². The second kappa shape index (κ2) is 7.60. The standard InChI is InChI=1S/C20H27N3O4/c1-13-19(16-11-15(26-5)6-7-17(16)22(13)4)20(25)23-8-9-27-12-14(23)10-18(24)21(2)3/h6-7,11,14H,8-10,12H2,1-5H3/t14-/m0/s1. The highest BCUT2D eigenvalue weighted by Crippen LogP contribution is 2.30. The van der Waals surface area contributed by atoms with Gasteiger partial charge in [0, 0.05) is 50.7 Å². The van der Waals surface area contributed by atoms with Crippen LogP contribution in [0.4, 0.5) is 0 Å². The first-order valence-electron chi connectivity index (χ1n) is 9.07. The lowest BCUT2D eigenvalue weighted by Gasteiger charge is -2.36. The molecular formula is C20H27N3O4. The van der Waals surface area contributed by atoms with Gasteiger partial charge < -0.3 is 23.8 Å². The lowest BCUT2D eigenvalue weighted by Crippen LogP contribution is -2.50. The minimum atomic E-state index is -0.263. The van der Waals surface area contributed by atoms with Crippen LogP contribution >= 0.6 is 0 Å². The molecule has 3 rings (SSSR count). The van der Waals surface area contributed by atoms with Crippen LogP contribution in [0.1, 0.15) is 22.5 Å². The first kappa shape index (κ1) is 19.2. The Morgan fingerprint density at radius 1 is 1.33 bits per heavy atom. The van der Waals surface area contributed by atoms with E-state index in [9.17, 15) is 9.59 Å². The number of aryl methyl sites for hydroxylation is 1. The molecule has 0 bridgehead atoms. The fourth-order valence-corrected chi connectivity index (χ4v) is 3.57. The molecule has 1 atom stereocenters. The average Bonchev–Trinajstić information content (AvgIpc) is 2.91. The first-order valence-corrected chi connectivity index (χ1v) is 9.07. The van der Waals surface area contributed by atoms with E-state index in [4.69, 9.17) is 9.47 Å². The van der Waals surface area contributed by atoms with Crippen LogP contribution in [0.2, 0.25) is 0 Å². The van der Waals surface area contributed by atoms with E-state index in [-0.39, 0.29) is 24.3 Å². The highest BCUT2D eigenvalue weighted by Gasteiger charge is 2.32. The van der Waals surface area contributed by atoms with Gasteiger partial charge in [-0.25, -0.2) is 0 Å². The van der Waals surface area contributed by atoms with E-state index in [1.54, 1.807) is 31.0 Å². The van der Waals surface area contributed by atoms with E-state index in [1.807, 2.05) is 36.7 Å². The van der Waals surface area contributed by atoms with Gasteiger partial charge in [0.2, 0.25) is 5.91 Å². The summed E-state index contributed by atoms with van der Waals surface area (Å²) in [6.07, 6.45) is 0.256. The van der Waals surface area contributed by atoms with E-state index in [0.717, 1.165) is 16.6 Å². The van der Waals surface area contributed by atoms with Crippen LogP contribution in [0.15, 0.2) is 18.2 Å². The van der Waals surface area contributed by atoms with Crippen molar-refractivity contribution in [1.82, 2.24) is 14.4 Å². The summed E-state index contributed by atoms with van der Waals surface area (Å²) in [5.74, 6) is 0.634. The Hall–Kier alpha value is -2.54. The van der Waals surface area contributed by atoms with Gasteiger partial charge in [0.15, 0.2) is 0 Å². The third kappa shape index (κ3) is 3.51. The van der Waals surface area contributed by atoms with Crippen LogP contribution in [0.25, 0.3) is 10.9 Å². The van der Waals surface area contributed by atoms with Gasteiger partial charge >= 0.3 is 0 Å². The Morgan fingerprint density at radius 3 is 2.74 bits per heavy atom. The van der Waals surface area contributed by atoms with Gasteiger partial charge in [0.25, 0.3) is 5.91 Å². The number of aromatic nitrogens is 1. The first-order chi connectivity index (χ1) is 12.8. The molecule has 2 amide bonds. The number of amides is 2. The molecule has 1 aromatic heterocycles. The fraction of sp³-hybridized carbons (Fsp3) is 0.500. The van der Waals surface area contributed by atoms with E-state index in [1.165, 1.54) is 0 Å². The lowest BCUT2D eigenvalue weighted by atomic mass is 10.1. The molecule has 1 aliphatic heterocycles. The maximum Gasteiger partial charge on any atom is 0.256 e. The van der Waals surface area contributed by atoms with Crippen molar-refractivity contribution in [1.29, 1.82) is 0 Å². The monoisotopic (exact) mass is 373 g/mol. The average molecular weight is 373 g/mol. The summed E-state index contributed by atoms with van der Waals surface area (Å²) in [6, 6.07) is 5.49. The van der Waals surface area contributed by atoms with Crippen molar-refractivity contribution in [2.24, 2.45) is 7.05 Å². The number of nitrogens with zero attached hydrogens (tertiary/aromatic N) is 3. The Kier molecular flexibility index (Phi) is 5.41. The van der Waals surface area contributed by atoms with Crippen LogP contribution in [-0.4, -0.2) is 73.2 Å². The third-order valence-electron chi connectivity index (χ3n) is 5.31. The number of methoxy groups -OCH3 is 1. The van der Waals surface area contributed by atoms with Gasteiger partial charge in [-0.3, -0.25) is 9.59 Å². The molecule has 0 N–H and O–H groups in total. The Labute approximate surface area is 159 Å². The number of hydrogen-bond acceptors (Lipinski definition) is 4. The van der Waals surface area contributed by atoms with Gasteiger partial charge in [-0.1, -0.05) is 0 Å². The molecule has 7 nitrogen and oxygen atoms in total. The van der Waals surface area contributed by atoms with Gasteiger partial charge in [0.1, 0.15) is 5.75 Å². The van der Waals surface area contributed by atoms with Crippen molar-refractivity contribution < 1.29 is 19.1 Å². The highest BCUT2D eigenvalue weighted by molar-refractivity contribution is 6.09. The zero-order chi connectivity index (χ0) is 19.7. The lowest BCUT2D eigenvalue weighted by molar-refractivity contribution is -0.131. The minimum absolute atomic E-state index is 0.0142. The number of carbonyl (C=O) groups is 2. The predicted molar refractivity (Wildman–Crippen MR) is 103 cm³/mol. The molecule has 146 valence electrons. The Balaban J connectivity index is 2.00. The van der Waals surface area contributed by atoms with Crippen molar-refractivity contribution in [3.8, 4) is 5.75 Å². The third-order valence-corrected chi connectivity index (χ3v) is 5.31. The number of hydrogen-bond donors (Lipinski definition) is 0. The molecule has 0 saturated carbocycles. The van der Waals surface area contributed by atoms with Crippen LogP contribution < -0.4 is 4.74 Å². The molecule has 2 aromatic rings. The summed E-state index contributed by atoms with van der Waals surface area (Å²) >= 11 is 0.